The number of fused-ring (bicyclic) bond motifs is 1. The summed E-state index contributed by atoms with van der Waals surface area (Å²) < 4.78 is 5.13. The van der Waals surface area contributed by atoms with Gasteiger partial charge in [0, 0.05) is 30.0 Å². The molecule has 16 heavy (non-hydrogen) atoms. The van der Waals surface area contributed by atoms with Crippen molar-refractivity contribution >= 4 is 16.7 Å². The van der Waals surface area contributed by atoms with Gasteiger partial charge in [0.25, 0.3) is 0 Å². The minimum Gasteiger partial charge on any atom is -0.422 e. The van der Waals surface area contributed by atoms with E-state index in [2.05, 4.69) is 5.43 Å². The van der Waals surface area contributed by atoms with Crippen LogP contribution in [0.4, 0.5) is 5.69 Å². The van der Waals surface area contributed by atoms with E-state index in [1.807, 2.05) is 0 Å². The maximum Gasteiger partial charge on any atom is 0.339 e. The predicted octanol–water partition coefficient (Wildman–Crippen LogP) is 0.613. The second-order valence-electron chi connectivity index (χ2n) is 3.43. The Morgan fingerprint density at radius 1 is 1.38 bits per heavy atom. The zero-order chi connectivity index (χ0) is 11.5. The first-order chi connectivity index (χ1) is 7.74. The van der Waals surface area contributed by atoms with Crippen molar-refractivity contribution < 1.29 is 9.52 Å². The van der Waals surface area contributed by atoms with E-state index in [-0.39, 0.29) is 6.61 Å². The molecule has 5 heteroatoms. The van der Waals surface area contributed by atoms with Crippen molar-refractivity contribution in [1.29, 1.82) is 0 Å². The number of aliphatic hydroxyl groups excluding tert-OH is 1. The van der Waals surface area contributed by atoms with Gasteiger partial charge in [0.2, 0.25) is 0 Å². The topological polar surface area (TPSA) is 88.5 Å². The Kier molecular flexibility index (Phi) is 2.89. The monoisotopic (exact) mass is 220 g/mol. The van der Waals surface area contributed by atoms with Crippen molar-refractivity contribution in [3.05, 3.63) is 40.2 Å². The number of nitrogens with one attached hydrogen (secondary N) is 1. The van der Waals surface area contributed by atoms with Crippen molar-refractivity contribution in [2.45, 2.75) is 6.42 Å². The maximum absolute atomic E-state index is 11.5. The summed E-state index contributed by atoms with van der Waals surface area (Å²) in [6.07, 6.45) is 0.301. The second-order valence-corrected chi connectivity index (χ2v) is 3.43. The van der Waals surface area contributed by atoms with Crippen molar-refractivity contribution in [2.75, 3.05) is 12.0 Å². The predicted molar refractivity (Wildman–Crippen MR) is 61.1 cm³/mol. The van der Waals surface area contributed by atoms with Gasteiger partial charge in [-0.05, 0) is 18.2 Å². The molecule has 0 saturated heterocycles. The van der Waals surface area contributed by atoms with Crippen LogP contribution in [0.25, 0.3) is 11.0 Å². The number of hydrazine groups is 1. The van der Waals surface area contributed by atoms with Crippen LogP contribution in [0.2, 0.25) is 0 Å². The molecule has 4 N–H and O–H groups in total. The molecule has 0 amide bonds. The lowest BCUT2D eigenvalue weighted by Gasteiger charge is -2.03. The normalized spacial score (nSPS) is 10.6. The SMILES string of the molecule is NNc1ccc2cc(CCO)c(=O)oc2c1. The molecular weight excluding hydrogens is 208 g/mol. The van der Waals surface area contributed by atoms with Gasteiger partial charge < -0.3 is 14.9 Å². The van der Waals surface area contributed by atoms with E-state index in [1.165, 1.54) is 0 Å². The summed E-state index contributed by atoms with van der Waals surface area (Å²) in [4.78, 5) is 11.5. The molecular formula is C11H12N2O3. The van der Waals surface area contributed by atoms with Gasteiger partial charge in [0.05, 0.1) is 5.69 Å². The summed E-state index contributed by atoms with van der Waals surface area (Å²) >= 11 is 0. The third-order valence-corrected chi connectivity index (χ3v) is 2.36. The quantitative estimate of drug-likeness (QED) is 0.401. The van der Waals surface area contributed by atoms with Crippen molar-refractivity contribution in [2.24, 2.45) is 5.84 Å². The number of nitrogens with two attached hydrogens (primary N) is 1. The summed E-state index contributed by atoms with van der Waals surface area (Å²) in [7, 11) is 0. The van der Waals surface area contributed by atoms with Crippen LogP contribution in [0.3, 0.4) is 0 Å². The highest BCUT2D eigenvalue weighted by Crippen LogP contribution is 2.18. The fraction of sp³-hybridized carbons (Fsp3) is 0.182. The van der Waals surface area contributed by atoms with Crippen LogP contribution in [0.15, 0.2) is 33.5 Å². The van der Waals surface area contributed by atoms with Gasteiger partial charge in [0.1, 0.15) is 5.58 Å². The molecule has 0 aliphatic carbocycles. The summed E-state index contributed by atoms with van der Waals surface area (Å²) in [5.74, 6) is 5.25. The minimum atomic E-state index is -0.421. The second kappa shape index (κ2) is 4.34. The maximum atomic E-state index is 11.5. The van der Waals surface area contributed by atoms with Crippen LogP contribution in [0, 0.1) is 0 Å². The summed E-state index contributed by atoms with van der Waals surface area (Å²) in [6.45, 7) is -0.0707. The largest absolute Gasteiger partial charge is 0.422 e. The van der Waals surface area contributed by atoms with Gasteiger partial charge in [-0.2, -0.15) is 0 Å². The molecule has 0 radical (unpaired) electrons. The molecule has 2 rings (SSSR count). The molecule has 0 atom stereocenters. The molecule has 1 aromatic carbocycles. The Morgan fingerprint density at radius 3 is 2.88 bits per heavy atom. The number of hydrogen-bond donors (Lipinski definition) is 3. The van der Waals surface area contributed by atoms with Crippen molar-refractivity contribution in [3.8, 4) is 0 Å². The Labute approximate surface area is 91.5 Å². The molecule has 0 fully saturated rings. The van der Waals surface area contributed by atoms with Crippen LogP contribution in [-0.4, -0.2) is 11.7 Å². The lowest BCUT2D eigenvalue weighted by Crippen LogP contribution is -2.09. The van der Waals surface area contributed by atoms with E-state index in [0.29, 0.717) is 23.3 Å². The molecule has 5 nitrogen and oxygen atoms in total. The molecule has 0 saturated carbocycles. The number of aliphatic hydroxyl groups is 1. The molecule has 0 aliphatic heterocycles. The Hall–Kier alpha value is -1.85. The van der Waals surface area contributed by atoms with E-state index < -0.39 is 5.63 Å². The first-order valence-corrected chi connectivity index (χ1v) is 4.89. The third-order valence-electron chi connectivity index (χ3n) is 2.36. The Balaban J connectivity index is 2.59. The molecule has 0 unspecified atom stereocenters. The average molecular weight is 220 g/mol. The van der Waals surface area contributed by atoms with E-state index in [9.17, 15) is 4.79 Å². The zero-order valence-corrected chi connectivity index (χ0v) is 8.56. The number of benzene rings is 1. The highest BCUT2D eigenvalue weighted by Gasteiger charge is 2.05. The average Bonchev–Trinajstić information content (AvgIpc) is 2.30. The zero-order valence-electron chi connectivity index (χ0n) is 8.56. The summed E-state index contributed by atoms with van der Waals surface area (Å²) in [5.41, 5.74) is 3.68. The smallest absolute Gasteiger partial charge is 0.339 e. The molecule has 2 aromatic rings. The number of nitrogen functional groups attached to an aromatic ring is 1. The van der Waals surface area contributed by atoms with Crippen LogP contribution < -0.4 is 16.9 Å². The van der Waals surface area contributed by atoms with Gasteiger partial charge in [-0.3, -0.25) is 5.84 Å². The van der Waals surface area contributed by atoms with E-state index >= 15 is 0 Å². The summed E-state index contributed by atoms with van der Waals surface area (Å²) in [5, 5.41) is 9.60. The minimum absolute atomic E-state index is 0.0707. The van der Waals surface area contributed by atoms with Gasteiger partial charge in [-0.1, -0.05) is 0 Å². The number of rotatable bonds is 3. The van der Waals surface area contributed by atoms with Crippen LogP contribution in [0.5, 0.6) is 0 Å². The fourth-order valence-corrected chi connectivity index (χ4v) is 1.54. The third kappa shape index (κ3) is 1.91. The van der Waals surface area contributed by atoms with Crippen LogP contribution in [0.1, 0.15) is 5.56 Å². The molecule has 1 aromatic heterocycles. The van der Waals surface area contributed by atoms with E-state index in [1.54, 1.807) is 24.3 Å². The first kappa shape index (κ1) is 10.7. The van der Waals surface area contributed by atoms with Crippen LogP contribution >= 0.6 is 0 Å². The lowest BCUT2D eigenvalue weighted by atomic mass is 10.1. The molecule has 0 spiro atoms. The van der Waals surface area contributed by atoms with E-state index in [4.69, 9.17) is 15.4 Å². The lowest BCUT2D eigenvalue weighted by molar-refractivity contribution is 0.298. The highest BCUT2D eigenvalue weighted by atomic mass is 16.4. The van der Waals surface area contributed by atoms with E-state index in [0.717, 1.165) is 5.39 Å². The summed E-state index contributed by atoms with van der Waals surface area (Å²) in [6, 6.07) is 6.95. The van der Waals surface area contributed by atoms with Gasteiger partial charge >= 0.3 is 5.63 Å². The van der Waals surface area contributed by atoms with Gasteiger partial charge in [-0.15, -0.1) is 0 Å². The molecule has 1 heterocycles. The first-order valence-electron chi connectivity index (χ1n) is 4.89. The molecule has 0 aliphatic rings. The van der Waals surface area contributed by atoms with Crippen molar-refractivity contribution in [3.63, 3.8) is 0 Å². The Morgan fingerprint density at radius 2 is 2.19 bits per heavy atom. The highest BCUT2D eigenvalue weighted by molar-refractivity contribution is 5.80. The standard InChI is InChI=1S/C11H12N2O3/c12-13-9-2-1-7-5-8(3-4-14)11(15)16-10(7)6-9/h1-2,5-6,13-14H,3-4,12H2. The molecule has 84 valence electrons. The van der Waals surface area contributed by atoms with Crippen LogP contribution in [-0.2, 0) is 6.42 Å². The number of hydrogen-bond acceptors (Lipinski definition) is 5. The number of anilines is 1. The van der Waals surface area contributed by atoms with Gasteiger partial charge in [-0.25, -0.2) is 4.79 Å². The van der Waals surface area contributed by atoms with Gasteiger partial charge in [0.15, 0.2) is 0 Å². The Bertz CT molecular complexity index is 563. The fourth-order valence-electron chi connectivity index (χ4n) is 1.54. The molecule has 0 bridgehead atoms. The van der Waals surface area contributed by atoms with Crippen molar-refractivity contribution in [1.82, 2.24) is 0 Å².